The van der Waals surface area contributed by atoms with Crippen molar-refractivity contribution in [2.45, 2.75) is 70.4 Å². The lowest BCUT2D eigenvalue weighted by Crippen LogP contribution is -2.43. The Morgan fingerprint density at radius 2 is 1.72 bits per heavy atom. The van der Waals surface area contributed by atoms with E-state index in [0.717, 1.165) is 25.7 Å². The molecule has 0 aromatic carbocycles. The van der Waals surface area contributed by atoms with Gasteiger partial charge in [-0.3, -0.25) is 9.59 Å². The van der Waals surface area contributed by atoms with Gasteiger partial charge in [0, 0.05) is 18.6 Å². The van der Waals surface area contributed by atoms with Crippen LogP contribution >= 0.6 is 0 Å². The maximum Gasteiger partial charge on any atom is 0.226 e. The summed E-state index contributed by atoms with van der Waals surface area (Å²) in [5, 5.41) is 3.14. The fourth-order valence-electron chi connectivity index (χ4n) is 4.32. The molecule has 2 amide bonds. The maximum absolute atomic E-state index is 12.7. The van der Waals surface area contributed by atoms with Crippen molar-refractivity contribution < 1.29 is 18.0 Å². The lowest BCUT2D eigenvalue weighted by Gasteiger charge is -2.27. The first kappa shape index (κ1) is 18.7. The molecule has 0 bridgehead atoms. The molecule has 2 aliphatic carbocycles. The first-order valence-corrected chi connectivity index (χ1v) is 11.5. The van der Waals surface area contributed by atoms with Crippen LogP contribution in [0.3, 0.4) is 0 Å². The van der Waals surface area contributed by atoms with Gasteiger partial charge < -0.3 is 10.2 Å². The normalized spacial score (nSPS) is 32.0. The fourth-order valence-corrected chi connectivity index (χ4v) is 6.05. The Morgan fingerprint density at radius 1 is 1.04 bits per heavy atom. The zero-order valence-electron chi connectivity index (χ0n) is 15.1. The highest BCUT2D eigenvalue weighted by Gasteiger charge is 2.51. The van der Waals surface area contributed by atoms with Crippen LogP contribution in [0.25, 0.3) is 0 Å². The number of hydrogen-bond donors (Lipinski definition) is 1. The van der Waals surface area contributed by atoms with E-state index >= 15 is 0 Å². The highest BCUT2D eigenvalue weighted by atomic mass is 32.2. The van der Waals surface area contributed by atoms with Crippen molar-refractivity contribution in [1.29, 1.82) is 0 Å². The Balaban J connectivity index is 1.52. The summed E-state index contributed by atoms with van der Waals surface area (Å²) in [4.78, 5) is 26.9. The molecule has 1 aliphatic heterocycles. The average molecular weight is 371 g/mol. The van der Waals surface area contributed by atoms with Gasteiger partial charge in [-0.25, -0.2) is 8.42 Å². The van der Waals surface area contributed by atoms with E-state index in [4.69, 9.17) is 0 Å². The van der Waals surface area contributed by atoms with Crippen molar-refractivity contribution in [3.05, 3.63) is 0 Å². The van der Waals surface area contributed by atoms with Gasteiger partial charge in [-0.15, -0.1) is 0 Å². The predicted octanol–water partition coefficient (Wildman–Crippen LogP) is 1.50. The lowest BCUT2D eigenvalue weighted by molar-refractivity contribution is -0.136. The topological polar surface area (TPSA) is 83.6 Å². The third kappa shape index (κ3) is 4.54. The van der Waals surface area contributed by atoms with E-state index < -0.39 is 9.84 Å². The molecule has 3 atom stereocenters. The SMILES string of the molecule is CCN(C(=O)C1CC1C(=O)NC1CCCCCC1)C1CCS(=O)(=O)C1. The quantitative estimate of drug-likeness (QED) is 0.744. The van der Waals surface area contributed by atoms with Crippen LogP contribution in [0.2, 0.25) is 0 Å². The van der Waals surface area contributed by atoms with Crippen LogP contribution in [0, 0.1) is 11.8 Å². The molecule has 0 aromatic rings. The second-order valence-corrected chi connectivity index (χ2v) is 10.1. The van der Waals surface area contributed by atoms with Crippen LogP contribution in [0.5, 0.6) is 0 Å². The largest absolute Gasteiger partial charge is 0.353 e. The summed E-state index contributed by atoms with van der Waals surface area (Å²) in [7, 11) is -3.02. The number of sulfone groups is 1. The minimum atomic E-state index is -3.02. The number of carbonyl (C=O) groups excluding carboxylic acids is 2. The number of rotatable bonds is 5. The second-order valence-electron chi connectivity index (χ2n) is 7.83. The lowest BCUT2D eigenvalue weighted by atomic mass is 10.1. The molecule has 3 fully saturated rings. The highest BCUT2D eigenvalue weighted by Crippen LogP contribution is 2.41. The van der Waals surface area contributed by atoms with Gasteiger partial charge in [0.2, 0.25) is 11.8 Å². The Kier molecular flexibility index (Phi) is 5.71. The Hall–Kier alpha value is -1.11. The molecule has 142 valence electrons. The monoisotopic (exact) mass is 370 g/mol. The number of nitrogens with one attached hydrogen (secondary N) is 1. The molecule has 0 radical (unpaired) electrons. The van der Waals surface area contributed by atoms with E-state index in [2.05, 4.69) is 5.32 Å². The molecule has 3 unspecified atom stereocenters. The standard InChI is InChI=1S/C18H30N2O4S/c1-2-20(14-9-10-25(23,24)12-14)18(22)16-11-15(16)17(21)19-13-7-5-3-4-6-8-13/h13-16H,2-12H2,1H3,(H,19,21). The van der Waals surface area contributed by atoms with Crippen molar-refractivity contribution in [1.82, 2.24) is 10.2 Å². The summed E-state index contributed by atoms with van der Waals surface area (Å²) in [6.45, 7) is 2.39. The maximum atomic E-state index is 12.7. The van der Waals surface area contributed by atoms with Gasteiger partial charge in [-0.1, -0.05) is 25.7 Å². The van der Waals surface area contributed by atoms with Crippen LogP contribution in [-0.4, -0.2) is 55.3 Å². The summed E-state index contributed by atoms with van der Waals surface area (Å²) >= 11 is 0. The first-order valence-electron chi connectivity index (χ1n) is 9.72. The summed E-state index contributed by atoms with van der Waals surface area (Å²) in [6, 6.07) is 0.0438. The highest BCUT2D eigenvalue weighted by molar-refractivity contribution is 7.91. The Morgan fingerprint density at radius 3 is 2.28 bits per heavy atom. The van der Waals surface area contributed by atoms with E-state index in [9.17, 15) is 18.0 Å². The number of hydrogen-bond acceptors (Lipinski definition) is 4. The molecule has 2 saturated carbocycles. The van der Waals surface area contributed by atoms with Gasteiger partial charge in [0.15, 0.2) is 9.84 Å². The molecule has 1 heterocycles. The van der Waals surface area contributed by atoms with E-state index in [1.54, 1.807) is 4.90 Å². The minimum Gasteiger partial charge on any atom is -0.353 e. The molecule has 1 saturated heterocycles. The zero-order valence-corrected chi connectivity index (χ0v) is 15.9. The summed E-state index contributed by atoms with van der Waals surface area (Å²) < 4.78 is 23.4. The summed E-state index contributed by atoms with van der Waals surface area (Å²) in [5.41, 5.74) is 0. The Bertz CT molecular complexity index is 611. The van der Waals surface area contributed by atoms with Crippen molar-refractivity contribution in [3.63, 3.8) is 0 Å². The smallest absolute Gasteiger partial charge is 0.226 e. The van der Waals surface area contributed by atoms with Gasteiger partial charge in [-0.2, -0.15) is 0 Å². The second kappa shape index (κ2) is 7.64. The fraction of sp³-hybridized carbons (Fsp3) is 0.889. The van der Waals surface area contributed by atoms with Crippen LogP contribution in [-0.2, 0) is 19.4 Å². The third-order valence-electron chi connectivity index (χ3n) is 5.92. The molecule has 3 rings (SSSR count). The van der Waals surface area contributed by atoms with E-state index in [-0.39, 0.29) is 47.2 Å². The van der Waals surface area contributed by atoms with Crippen LogP contribution in [0.4, 0.5) is 0 Å². The zero-order chi connectivity index (χ0) is 18.0. The molecule has 1 N–H and O–H groups in total. The Labute approximate surface area is 150 Å². The van der Waals surface area contributed by atoms with Gasteiger partial charge in [-0.05, 0) is 32.6 Å². The minimum absolute atomic E-state index is 0.0142. The molecule has 25 heavy (non-hydrogen) atoms. The van der Waals surface area contributed by atoms with Crippen molar-refractivity contribution in [2.75, 3.05) is 18.1 Å². The van der Waals surface area contributed by atoms with E-state index in [1.165, 1.54) is 12.8 Å². The van der Waals surface area contributed by atoms with Crippen LogP contribution in [0.15, 0.2) is 0 Å². The van der Waals surface area contributed by atoms with Gasteiger partial charge in [0.25, 0.3) is 0 Å². The average Bonchev–Trinajstić information content (AvgIpc) is 3.32. The molecule has 0 spiro atoms. The molecule has 0 aromatic heterocycles. The first-order chi connectivity index (χ1) is 11.9. The van der Waals surface area contributed by atoms with Crippen LogP contribution in [0.1, 0.15) is 58.3 Å². The van der Waals surface area contributed by atoms with Crippen LogP contribution < -0.4 is 5.32 Å². The number of nitrogens with zero attached hydrogens (tertiary/aromatic N) is 1. The van der Waals surface area contributed by atoms with Crippen molar-refractivity contribution in [3.8, 4) is 0 Å². The van der Waals surface area contributed by atoms with Crippen molar-refractivity contribution >= 4 is 21.7 Å². The molecule has 6 nitrogen and oxygen atoms in total. The molecule has 3 aliphatic rings. The van der Waals surface area contributed by atoms with Gasteiger partial charge >= 0.3 is 0 Å². The summed E-state index contributed by atoms with van der Waals surface area (Å²) in [5.74, 6) is -0.265. The molecular formula is C18H30N2O4S. The van der Waals surface area contributed by atoms with Gasteiger partial charge in [0.1, 0.15) is 0 Å². The van der Waals surface area contributed by atoms with E-state index in [0.29, 0.717) is 19.4 Å². The predicted molar refractivity (Wildman–Crippen MR) is 95.7 cm³/mol. The number of amides is 2. The van der Waals surface area contributed by atoms with E-state index in [1.807, 2.05) is 6.92 Å². The summed E-state index contributed by atoms with van der Waals surface area (Å²) in [6.07, 6.45) is 8.02. The third-order valence-corrected chi connectivity index (χ3v) is 7.67. The van der Waals surface area contributed by atoms with Crippen molar-refractivity contribution in [2.24, 2.45) is 11.8 Å². The number of carbonyl (C=O) groups is 2. The molecular weight excluding hydrogens is 340 g/mol. The van der Waals surface area contributed by atoms with Gasteiger partial charge in [0.05, 0.1) is 23.3 Å². The molecule has 7 heteroatoms.